The summed E-state index contributed by atoms with van der Waals surface area (Å²) in [6, 6.07) is 5.86. The van der Waals surface area contributed by atoms with Crippen molar-refractivity contribution in [3.05, 3.63) is 30.1 Å². The maximum Gasteiger partial charge on any atom is 0.244 e. The molecule has 3 nitrogen and oxygen atoms in total. The number of nitrogens with one attached hydrogen (secondary N) is 1. The molecule has 1 aliphatic heterocycles. The van der Waals surface area contributed by atoms with Crippen LogP contribution in [0.15, 0.2) is 24.3 Å². The number of likely N-dealkylation sites (tertiary alicyclic amines) is 1. The van der Waals surface area contributed by atoms with Gasteiger partial charge in [0.1, 0.15) is 11.9 Å². The van der Waals surface area contributed by atoms with Crippen LogP contribution in [0.25, 0.3) is 0 Å². The van der Waals surface area contributed by atoms with Gasteiger partial charge in [-0.3, -0.25) is 4.79 Å². The molecule has 1 fully saturated rings. The highest BCUT2D eigenvalue weighted by Crippen LogP contribution is 2.14. The van der Waals surface area contributed by atoms with E-state index < -0.39 is 0 Å². The highest BCUT2D eigenvalue weighted by Gasteiger charge is 2.22. The van der Waals surface area contributed by atoms with Gasteiger partial charge in [0, 0.05) is 18.8 Å². The molecular formula is C13H17FN2O. The van der Waals surface area contributed by atoms with Gasteiger partial charge in [0.05, 0.1) is 0 Å². The Hall–Kier alpha value is -1.58. The summed E-state index contributed by atoms with van der Waals surface area (Å²) in [6.45, 7) is 3.49. The van der Waals surface area contributed by atoms with E-state index in [-0.39, 0.29) is 17.8 Å². The maximum absolute atomic E-state index is 13.0. The van der Waals surface area contributed by atoms with E-state index in [1.807, 2.05) is 11.8 Å². The quantitative estimate of drug-likeness (QED) is 0.873. The molecular weight excluding hydrogens is 219 g/mol. The van der Waals surface area contributed by atoms with Gasteiger partial charge >= 0.3 is 0 Å². The fourth-order valence-electron chi connectivity index (χ4n) is 2.10. The average Bonchev–Trinajstić information content (AvgIpc) is 2.81. The largest absolute Gasteiger partial charge is 0.374 e. The van der Waals surface area contributed by atoms with Gasteiger partial charge in [-0.2, -0.15) is 0 Å². The van der Waals surface area contributed by atoms with Crippen LogP contribution in [0, 0.1) is 5.82 Å². The number of halogens is 1. The first kappa shape index (κ1) is 11.9. The normalized spacial score (nSPS) is 16.9. The van der Waals surface area contributed by atoms with Gasteiger partial charge in [0.25, 0.3) is 0 Å². The van der Waals surface area contributed by atoms with E-state index in [2.05, 4.69) is 5.32 Å². The molecule has 1 saturated heterocycles. The summed E-state index contributed by atoms with van der Waals surface area (Å²) >= 11 is 0. The summed E-state index contributed by atoms with van der Waals surface area (Å²) < 4.78 is 13.0. The Morgan fingerprint density at radius 3 is 2.76 bits per heavy atom. The van der Waals surface area contributed by atoms with Crippen LogP contribution in [0.3, 0.4) is 0 Å². The highest BCUT2D eigenvalue weighted by atomic mass is 19.1. The maximum atomic E-state index is 13.0. The van der Waals surface area contributed by atoms with Crippen LogP contribution in [0.5, 0.6) is 0 Å². The second kappa shape index (κ2) is 5.17. The van der Waals surface area contributed by atoms with Gasteiger partial charge in [-0.1, -0.05) is 6.07 Å². The molecule has 1 aliphatic rings. The third-order valence-corrected chi connectivity index (χ3v) is 3.00. The minimum atomic E-state index is -0.310. The Kier molecular flexibility index (Phi) is 3.61. The Morgan fingerprint density at radius 2 is 2.12 bits per heavy atom. The Labute approximate surface area is 101 Å². The van der Waals surface area contributed by atoms with Gasteiger partial charge in [-0.05, 0) is 38.0 Å². The van der Waals surface area contributed by atoms with Gasteiger partial charge in [-0.15, -0.1) is 0 Å². The van der Waals surface area contributed by atoms with Crippen LogP contribution in [0.1, 0.15) is 19.8 Å². The smallest absolute Gasteiger partial charge is 0.244 e. The number of anilines is 1. The minimum absolute atomic E-state index is 0.0896. The molecule has 0 bridgehead atoms. The number of nitrogens with zero attached hydrogens (tertiary/aromatic N) is 1. The van der Waals surface area contributed by atoms with Crippen molar-refractivity contribution < 1.29 is 9.18 Å². The lowest BCUT2D eigenvalue weighted by molar-refractivity contribution is -0.130. The fraction of sp³-hybridized carbons (Fsp3) is 0.462. The van der Waals surface area contributed by atoms with E-state index in [1.165, 1.54) is 12.1 Å². The third kappa shape index (κ3) is 2.96. The molecule has 0 saturated carbocycles. The van der Waals surface area contributed by atoms with E-state index in [0.29, 0.717) is 5.69 Å². The van der Waals surface area contributed by atoms with E-state index in [0.717, 1.165) is 25.9 Å². The van der Waals surface area contributed by atoms with Crippen LogP contribution in [-0.4, -0.2) is 29.9 Å². The van der Waals surface area contributed by atoms with E-state index >= 15 is 0 Å². The molecule has 92 valence electrons. The van der Waals surface area contributed by atoms with E-state index in [9.17, 15) is 9.18 Å². The first-order valence-electron chi connectivity index (χ1n) is 5.98. The van der Waals surface area contributed by atoms with Crippen molar-refractivity contribution in [2.45, 2.75) is 25.8 Å². The highest BCUT2D eigenvalue weighted by molar-refractivity contribution is 5.84. The van der Waals surface area contributed by atoms with Crippen LogP contribution in [-0.2, 0) is 4.79 Å². The number of rotatable bonds is 3. The summed E-state index contributed by atoms with van der Waals surface area (Å²) in [4.78, 5) is 13.9. The van der Waals surface area contributed by atoms with Gasteiger partial charge < -0.3 is 10.2 Å². The topological polar surface area (TPSA) is 32.3 Å². The molecule has 1 heterocycles. The average molecular weight is 236 g/mol. The van der Waals surface area contributed by atoms with Crippen molar-refractivity contribution in [3.63, 3.8) is 0 Å². The molecule has 1 aromatic carbocycles. The Balaban J connectivity index is 1.96. The summed E-state index contributed by atoms with van der Waals surface area (Å²) in [5.41, 5.74) is 0.644. The standard InChI is InChI=1S/C13H17FN2O/c1-10(13(17)16-7-2-3-8-16)15-12-6-4-5-11(14)9-12/h4-6,9-10,15H,2-3,7-8H2,1H3. The van der Waals surface area contributed by atoms with Gasteiger partial charge in [-0.25, -0.2) is 4.39 Å². The molecule has 17 heavy (non-hydrogen) atoms. The molecule has 1 N–H and O–H groups in total. The van der Waals surface area contributed by atoms with Crippen molar-refractivity contribution in [2.75, 3.05) is 18.4 Å². The number of carbonyl (C=O) groups excluding carboxylic acids is 1. The second-order valence-electron chi connectivity index (χ2n) is 4.41. The summed E-state index contributed by atoms with van der Waals surface area (Å²) in [6.07, 6.45) is 2.16. The molecule has 0 radical (unpaired) electrons. The van der Waals surface area contributed by atoms with Crippen molar-refractivity contribution in [3.8, 4) is 0 Å². The van der Waals surface area contributed by atoms with Crippen LogP contribution in [0.4, 0.5) is 10.1 Å². The van der Waals surface area contributed by atoms with E-state index in [1.54, 1.807) is 12.1 Å². The minimum Gasteiger partial charge on any atom is -0.374 e. The van der Waals surface area contributed by atoms with Gasteiger partial charge in [0.2, 0.25) is 5.91 Å². The molecule has 2 rings (SSSR count). The van der Waals surface area contributed by atoms with Crippen molar-refractivity contribution in [1.82, 2.24) is 4.90 Å². The first-order chi connectivity index (χ1) is 8.16. The summed E-state index contributed by atoms with van der Waals surface area (Å²) in [7, 11) is 0. The molecule has 4 heteroatoms. The molecule has 0 spiro atoms. The van der Waals surface area contributed by atoms with Gasteiger partial charge in [0.15, 0.2) is 0 Å². The lowest BCUT2D eigenvalue weighted by atomic mass is 10.2. The number of benzene rings is 1. The Bertz CT molecular complexity index is 402. The first-order valence-corrected chi connectivity index (χ1v) is 5.98. The summed E-state index contributed by atoms with van der Waals surface area (Å²) in [5.74, 6) is -0.206. The van der Waals surface area contributed by atoms with Crippen LogP contribution in [0.2, 0.25) is 0 Å². The zero-order valence-corrected chi connectivity index (χ0v) is 9.95. The number of carbonyl (C=O) groups is 1. The number of hydrogen-bond acceptors (Lipinski definition) is 2. The third-order valence-electron chi connectivity index (χ3n) is 3.00. The molecule has 0 aliphatic carbocycles. The van der Waals surface area contributed by atoms with Crippen LogP contribution < -0.4 is 5.32 Å². The molecule has 1 atom stereocenters. The fourth-order valence-corrected chi connectivity index (χ4v) is 2.10. The number of hydrogen-bond donors (Lipinski definition) is 1. The van der Waals surface area contributed by atoms with Crippen molar-refractivity contribution >= 4 is 11.6 Å². The lowest BCUT2D eigenvalue weighted by Crippen LogP contribution is -2.39. The zero-order valence-electron chi connectivity index (χ0n) is 9.95. The van der Waals surface area contributed by atoms with Crippen molar-refractivity contribution in [2.24, 2.45) is 0 Å². The second-order valence-corrected chi connectivity index (χ2v) is 4.41. The zero-order chi connectivity index (χ0) is 12.3. The van der Waals surface area contributed by atoms with Crippen LogP contribution >= 0.6 is 0 Å². The predicted molar refractivity (Wildman–Crippen MR) is 65.3 cm³/mol. The summed E-state index contributed by atoms with van der Waals surface area (Å²) in [5, 5.41) is 3.03. The monoisotopic (exact) mass is 236 g/mol. The Morgan fingerprint density at radius 1 is 1.41 bits per heavy atom. The molecule has 1 aromatic rings. The molecule has 1 unspecified atom stereocenters. The lowest BCUT2D eigenvalue weighted by Gasteiger charge is -2.21. The number of amides is 1. The molecule has 1 amide bonds. The van der Waals surface area contributed by atoms with Crippen molar-refractivity contribution in [1.29, 1.82) is 0 Å². The predicted octanol–water partition coefficient (Wildman–Crippen LogP) is 2.25. The molecule has 0 aromatic heterocycles. The SMILES string of the molecule is CC(Nc1cccc(F)c1)C(=O)N1CCCC1. The van der Waals surface area contributed by atoms with E-state index in [4.69, 9.17) is 0 Å².